The lowest BCUT2D eigenvalue weighted by Gasteiger charge is -2.09. The number of carboxylic acids is 1. The highest BCUT2D eigenvalue weighted by atomic mass is 35.5. The van der Waals surface area contributed by atoms with Crippen LogP contribution in [0, 0.1) is 6.92 Å². The number of aromatic carboxylic acids is 1. The summed E-state index contributed by atoms with van der Waals surface area (Å²) in [5.74, 6) is -0.160. The Kier molecular flexibility index (Phi) is 4.05. The summed E-state index contributed by atoms with van der Waals surface area (Å²) in [4.78, 5) is 18.9. The number of nitrogens with one attached hydrogen (secondary N) is 1. The van der Waals surface area contributed by atoms with Gasteiger partial charge in [0.05, 0.1) is 29.1 Å². The van der Waals surface area contributed by atoms with Crippen LogP contribution in [0.25, 0.3) is 0 Å². The lowest BCUT2D eigenvalue weighted by atomic mass is 10.2. The maximum atomic E-state index is 10.9. The SMILES string of the molecule is COc1ccc(Cl)c(Nc2ncc(C(=O)O)c(C)n2)c1. The normalized spacial score (nSPS) is 10.2. The Bertz CT molecular complexity index is 661. The van der Waals surface area contributed by atoms with Crippen LogP contribution in [0.1, 0.15) is 16.1 Å². The Morgan fingerprint density at radius 3 is 2.80 bits per heavy atom. The van der Waals surface area contributed by atoms with E-state index in [0.29, 0.717) is 22.2 Å². The number of aryl methyl sites for hydroxylation is 1. The summed E-state index contributed by atoms with van der Waals surface area (Å²) >= 11 is 6.06. The summed E-state index contributed by atoms with van der Waals surface area (Å²) in [6, 6.07) is 5.11. The molecule has 2 rings (SSSR count). The third-order valence-electron chi connectivity index (χ3n) is 2.63. The third-order valence-corrected chi connectivity index (χ3v) is 2.96. The number of nitrogens with zero attached hydrogens (tertiary/aromatic N) is 2. The molecule has 0 amide bonds. The van der Waals surface area contributed by atoms with Crippen molar-refractivity contribution >= 4 is 29.2 Å². The van der Waals surface area contributed by atoms with Crippen LogP contribution in [-0.2, 0) is 0 Å². The zero-order valence-electron chi connectivity index (χ0n) is 10.8. The molecule has 2 aromatic rings. The molecule has 0 aliphatic heterocycles. The van der Waals surface area contributed by atoms with Crippen molar-refractivity contribution in [2.75, 3.05) is 12.4 Å². The van der Waals surface area contributed by atoms with Gasteiger partial charge in [-0.1, -0.05) is 11.6 Å². The van der Waals surface area contributed by atoms with Crippen molar-refractivity contribution in [2.45, 2.75) is 6.92 Å². The highest BCUT2D eigenvalue weighted by Crippen LogP contribution is 2.28. The van der Waals surface area contributed by atoms with Crippen LogP contribution in [-0.4, -0.2) is 28.2 Å². The maximum absolute atomic E-state index is 10.9. The number of rotatable bonds is 4. The minimum Gasteiger partial charge on any atom is -0.497 e. The van der Waals surface area contributed by atoms with Crippen LogP contribution >= 0.6 is 11.6 Å². The molecule has 1 aromatic heterocycles. The molecule has 0 unspecified atom stereocenters. The molecule has 0 saturated heterocycles. The van der Waals surface area contributed by atoms with E-state index in [0.717, 1.165) is 0 Å². The lowest BCUT2D eigenvalue weighted by Crippen LogP contribution is -2.06. The molecule has 20 heavy (non-hydrogen) atoms. The number of carbonyl (C=O) groups is 1. The monoisotopic (exact) mass is 293 g/mol. The van der Waals surface area contributed by atoms with Crippen LogP contribution in [0.15, 0.2) is 24.4 Å². The van der Waals surface area contributed by atoms with Gasteiger partial charge in [-0.15, -0.1) is 0 Å². The van der Waals surface area contributed by atoms with Gasteiger partial charge in [0, 0.05) is 12.3 Å². The van der Waals surface area contributed by atoms with E-state index in [-0.39, 0.29) is 11.5 Å². The van der Waals surface area contributed by atoms with E-state index in [2.05, 4.69) is 15.3 Å². The van der Waals surface area contributed by atoms with Crippen molar-refractivity contribution in [3.63, 3.8) is 0 Å². The number of halogens is 1. The van der Waals surface area contributed by atoms with Crippen LogP contribution in [0.5, 0.6) is 5.75 Å². The molecular weight excluding hydrogens is 282 g/mol. The van der Waals surface area contributed by atoms with Gasteiger partial charge in [-0.05, 0) is 19.1 Å². The highest BCUT2D eigenvalue weighted by Gasteiger charge is 2.11. The molecule has 0 aliphatic carbocycles. The van der Waals surface area contributed by atoms with Gasteiger partial charge in [0.15, 0.2) is 0 Å². The molecule has 2 N–H and O–H groups in total. The fourth-order valence-electron chi connectivity index (χ4n) is 1.58. The number of benzene rings is 1. The van der Waals surface area contributed by atoms with Crippen molar-refractivity contribution in [1.82, 2.24) is 9.97 Å². The van der Waals surface area contributed by atoms with Crippen molar-refractivity contribution in [3.8, 4) is 5.75 Å². The molecule has 0 fully saturated rings. The summed E-state index contributed by atoms with van der Waals surface area (Å²) in [7, 11) is 1.55. The molecule has 7 heteroatoms. The first-order chi connectivity index (χ1) is 9.51. The standard InChI is InChI=1S/C13H12ClN3O3/c1-7-9(12(18)19)6-15-13(16-7)17-11-5-8(20-2)3-4-10(11)14/h3-6H,1-2H3,(H,18,19)(H,15,16,17). The summed E-state index contributed by atoms with van der Waals surface area (Å²) in [5, 5.41) is 12.3. The largest absolute Gasteiger partial charge is 0.497 e. The zero-order chi connectivity index (χ0) is 14.7. The molecule has 0 atom stereocenters. The number of ether oxygens (including phenoxy) is 1. The van der Waals surface area contributed by atoms with Crippen LogP contribution < -0.4 is 10.1 Å². The Morgan fingerprint density at radius 2 is 2.20 bits per heavy atom. The molecule has 104 valence electrons. The second kappa shape index (κ2) is 5.75. The van der Waals surface area contributed by atoms with E-state index < -0.39 is 5.97 Å². The minimum absolute atomic E-state index is 0.0623. The van der Waals surface area contributed by atoms with Gasteiger partial charge in [-0.2, -0.15) is 0 Å². The molecule has 0 bridgehead atoms. The molecule has 0 aliphatic rings. The van der Waals surface area contributed by atoms with Gasteiger partial charge in [0.2, 0.25) is 5.95 Å². The van der Waals surface area contributed by atoms with Gasteiger partial charge in [-0.25, -0.2) is 14.8 Å². The molecule has 0 spiro atoms. The van der Waals surface area contributed by atoms with Crippen LogP contribution in [0.4, 0.5) is 11.6 Å². The predicted molar refractivity (Wildman–Crippen MR) is 75.0 cm³/mol. The zero-order valence-corrected chi connectivity index (χ0v) is 11.6. The second-order valence-electron chi connectivity index (χ2n) is 3.97. The number of methoxy groups -OCH3 is 1. The van der Waals surface area contributed by atoms with Gasteiger partial charge in [-0.3, -0.25) is 0 Å². The number of hydrogen-bond acceptors (Lipinski definition) is 5. The van der Waals surface area contributed by atoms with Crippen molar-refractivity contribution in [2.24, 2.45) is 0 Å². The molecule has 1 heterocycles. The summed E-state index contributed by atoms with van der Waals surface area (Å²) < 4.78 is 5.10. The van der Waals surface area contributed by atoms with Crippen LogP contribution in [0.3, 0.4) is 0 Å². The maximum Gasteiger partial charge on any atom is 0.339 e. The summed E-state index contributed by atoms with van der Waals surface area (Å²) in [6.45, 7) is 1.60. The first-order valence-corrected chi connectivity index (χ1v) is 6.06. The molecule has 6 nitrogen and oxygen atoms in total. The van der Waals surface area contributed by atoms with E-state index in [9.17, 15) is 4.79 Å². The Hall–Kier alpha value is -2.34. The number of carboxylic acid groups (broad SMARTS) is 1. The van der Waals surface area contributed by atoms with Crippen LogP contribution in [0.2, 0.25) is 5.02 Å². The predicted octanol–water partition coefficient (Wildman–Crippen LogP) is 2.89. The second-order valence-corrected chi connectivity index (χ2v) is 4.38. The van der Waals surface area contributed by atoms with Gasteiger partial charge >= 0.3 is 5.97 Å². The number of anilines is 2. The Morgan fingerprint density at radius 1 is 1.45 bits per heavy atom. The van der Waals surface area contributed by atoms with Gasteiger partial charge in [0.1, 0.15) is 5.75 Å². The van der Waals surface area contributed by atoms with E-state index >= 15 is 0 Å². The van der Waals surface area contributed by atoms with E-state index in [1.165, 1.54) is 6.20 Å². The van der Waals surface area contributed by atoms with E-state index in [1.807, 2.05) is 0 Å². The van der Waals surface area contributed by atoms with E-state index in [4.69, 9.17) is 21.4 Å². The molecule has 0 saturated carbocycles. The Balaban J connectivity index is 2.30. The lowest BCUT2D eigenvalue weighted by molar-refractivity contribution is 0.0695. The van der Waals surface area contributed by atoms with E-state index in [1.54, 1.807) is 32.2 Å². The van der Waals surface area contributed by atoms with Crippen molar-refractivity contribution in [3.05, 3.63) is 40.7 Å². The molecular formula is C13H12ClN3O3. The number of hydrogen-bond donors (Lipinski definition) is 2. The quantitative estimate of drug-likeness (QED) is 0.901. The topological polar surface area (TPSA) is 84.3 Å². The molecule has 1 aromatic carbocycles. The first kappa shape index (κ1) is 14.1. The average molecular weight is 294 g/mol. The third kappa shape index (κ3) is 2.97. The highest BCUT2D eigenvalue weighted by molar-refractivity contribution is 6.33. The summed E-state index contributed by atoms with van der Waals surface area (Å²) in [6.07, 6.45) is 1.25. The number of aromatic nitrogens is 2. The fourth-order valence-corrected chi connectivity index (χ4v) is 1.75. The van der Waals surface area contributed by atoms with Gasteiger partial charge in [0.25, 0.3) is 0 Å². The Labute approximate surface area is 120 Å². The minimum atomic E-state index is -1.06. The average Bonchev–Trinajstić information content (AvgIpc) is 2.41. The van der Waals surface area contributed by atoms with Crippen molar-refractivity contribution in [1.29, 1.82) is 0 Å². The smallest absolute Gasteiger partial charge is 0.339 e. The first-order valence-electron chi connectivity index (χ1n) is 5.68. The molecule has 0 radical (unpaired) electrons. The van der Waals surface area contributed by atoms with Crippen molar-refractivity contribution < 1.29 is 14.6 Å². The fraction of sp³-hybridized carbons (Fsp3) is 0.154. The van der Waals surface area contributed by atoms with Gasteiger partial charge < -0.3 is 15.2 Å². The summed E-state index contributed by atoms with van der Waals surface area (Å²) in [5.41, 5.74) is 1.01.